The van der Waals surface area contributed by atoms with Crippen LogP contribution < -0.4 is 4.74 Å². The maximum absolute atomic E-state index is 10.4. The summed E-state index contributed by atoms with van der Waals surface area (Å²) in [4.78, 5) is 14.9. The summed E-state index contributed by atoms with van der Waals surface area (Å²) in [5, 5.41) is 10.4. The largest absolute Gasteiger partial charge is 0.455 e. The van der Waals surface area contributed by atoms with Gasteiger partial charge in [-0.3, -0.25) is 0 Å². The first-order valence-electron chi connectivity index (χ1n) is 19.3. The first-order chi connectivity index (χ1) is 28.7. The average molecular weight is 741 g/mol. The Hall–Kier alpha value is -7.94. The van der Waals surface area contributed by atoms with Gasteiger partial charge in [-0.05, 0) is 57.1 Å². The van der Waals surface area contributed by atoms with Gasteiger partial charge in [0.05, 0.1) is 11.0 Å². The van der Waals surface area contributed by atoms with E-state index < -0.39 is 5.41 Å². The lowest BCUT2D eigenvalue weighted by Gasteiger charge is -2.40. The second kappa shape index (κ2) is 13.4. The summed E-state index contributed by atoms with van der Waals surface area (Å²) >= 11 is 0. The van der Waals surface area contributed by atoms with E-state index >= 15 is 0 Å². The van der Waals surface area contributed by atoms with Gasteiger partial charge in [-0.15, -0.1) is 0 Å². The molecule has 0 saturated heterocycles. The highest BCUT2D eigenvalue weighted by molar-refractivity contribution is 5.91. The highest BCUT2D eigenvalue weighted by atomic mass is 16.5. The minimum absolute atomic E-state index is 0.508. The Bertz CT molecular complexity index is 3010. The Morgan fingerprint density at radius 3 is 1.38 bits per heavy atom. The molecule has 0 radical (unpaired) electrons. The van der Waals surface area contributed by atoms with E-state index in [-0.39, 0.29) is 0 Å². The van der Waals surface area contributed by atoms with E-state index in [9.17, 15) is 5.26 Å². The van der Waals surface area contributed by atoms with Crippen molar-refractivity contribution in [3.8, 4) is 85.1 Å². The zero-order valence-electron chi connectivity index (χ0n) is 31.2. The van der Waals surface area contributed by atoms with Crippen molar-refractivity contribution in [1.82, 2.24) is 15.0 Å². The molecular formula is C53H32N4O. The lowest BCUT2D eigenvalue weighted by Crippen LogP contribution is -2.32. The summed E-state index contributed by atoms with van der Waals surface area (Å²) < 4.78 is 6.97. The number of aromatic nitrogens is 3. The molecule has 0 bridgehead atoms. The molecule has 0 atom stereocenters. The van der Waals surface area contributed by atoms with Gasteiger partial charge in [-0.2, -0.15) is 5.26 Å². The number of rotatable bonds is 5. The number of benzene rings is 8. The summed E-state index contributed by atoms with van der Waals surface area (Å²) in [6.45, 7) is 0. The minimum Gasteiger partial charge on any atom is -0.455 e. The van der Waals surface area contributed by atoms with Crippen LogP contribution in [0.1, 0.15) is 27.8 Å². The predicted octanol–water partition coefficient (Wildman–Crippen LogP) is 12.5. The molecule has 1 spiro atoms. The Morgan fingerprint density at radius 1 is 0.362 bits per heavy atom. The lowest BCUT2D eigenvalue weighted by molar-refractivity contribution is 0.436. The highest BCUT2D eigenvalue weighted by Gasteiger charge is 2.51. The van der Waals surface area contributed by atoms with Gasteiger partial charge in [0.2, 0.25) is 0 Å². The van der Waals surface area contributed by atoms with E-state index in [1.807, 2.05) is 72.8 Å². The molecule has 8 aromatic carbocycles. The highest BCUT2D eigenvalue weighted by Crippen LogP contribution is 2.63. The third kappa shape index (κ3) is 5.13. The number of fused-ring (bicyclic) bond motifs is 9. The van der Waals surface area contributed by atoms with Crippen LogP contribution in [0.2, 0.25) is 0 Å². The fourth-order valence-electron chi connectivity index (χ4n) is 8.90. The summed E-state index contributed by atoms with van der Waals surface area (Å²) in [5.74, 6) is 3.20. The second-order valence-electron chi connectivity index (χ2n) is 14.6. The summed E-state index contributed by atoms with van der Waals surface area (Å²) in [6.07, 6.45) is 0. The van der Waals surface area contributed by atoms with Crippen molar-refractivity contribution < 1.29 is 4.74 Å². The van der Waals surface area contributed by atoms with Gasteiger partial charge in [-0.1, -0.05) is 176 Å². The van der Waals surface area contributed by atoms with Crippen molar-refractivity contribution in [3.63, 3.8) is 0 Å². The van der Waals surface area contributed by atoms with Crippen molar-refractivity contribution >= 4 is 0 Å². The van der Waals surface area contributed by atoms with Gasteiger partial charge >= 0.3 is 0 Å². The van der Waals surface area contributed by atoms with Crippen LogP contribution in [-0.4, -0.2) is 15.0 Å². The quantitative estimate of drug-likeness (QED) is 0.176. The minimum atomic E-state index is -0.674. The molecule has 0 unspecified atom stereocenters. The van der Waals surface area contributed by atoms with Crippen LogP contribution in [0, 0.1) is 11.3 Å². The Labute approximate surface area is 336 Å². The SMILES string of the molecule is N#Cc1cccc2c1Oc1c(-c3cccc(-c4cccc(-c5nc(-c6ccccc6)nc(-c6ccccc6)n5)c4)c3)cccc1C21c2ccccc2-c2ccccc21. The number of ether oxygens (including phenoxy) is 1. The summed E-state index contributed by atoms with van der Waals surface area (Å²) in [7, 11) is 0. The van der Waals surface area contributed by atoms with Crippen LogP contribution in [0.25, 0.3) is 67.5 Å². The third-order valence-electron chi connectivity index (χ3n) is 11.4. The van der Waals surface area contributed by atoms with Crippen LogP contribution in [0.4, 0.5) is 0 Å². The maximum Gasteiger partial charge on any atom is 0.164 e. The molecule has 5 nitrogen and oxygen atoms in total. The Kier molecular flexibility index (Phi) is 7.70. The van der Waals surface area contributed by atoms with E-state index in [2.05, 4.69) is 127 Å². The van der Waals surface area contributed by atoms with Crippen LogP contribution in [0.15, 0.2) is 194 Å². The van der Waals surface area contributed by atoms with E-state index in [4.69, 9.17) is 19.7 Å². The number of nitriles is 1. The lowest BCUT2D eigenvalue weighted by atomic mass is 9.65. The van der Waals surface area contributed by atoms with E-state index in [0.717, 1.165) is 55.8 Å². The van der Waals surface area contributed by atoms with Gasteiger partial charge in [-0.25, -0.2) is 15.0 Å². The van der Waals surface area contributed by atoms with Gasteiger partial charge in [0.1, 0.15) is 17.6 Å². The monoisotopic (exact) mass is 740 g/mol. The number of hydrogen-bond acceptors (Lipinski definition) is 5. The predicted molar refractivity (Wildman–Crippen MR) is 229 cm³/mol. The molecule has 11 rings (SSSR count). The van der Waals surface area contributed by atoms with E-state index in [1.165, 1.54) is 22.3 Å². The molecule has 5 heteroatoms. The fourth-order valence-corrected chi connectivity index (χ4v) is 8.90. The van der Waals surface area contributed by atoms with E-state index in [0.29, 0.717) is 28.8 Å². The van der Waals surface area contributed by atoms with Crippen LogP contribution in [0.3, 0.4) is 0 Å². The molecule has 0 amide bonds. The van der Waals surface area contributed by atoms with Crippen molar-refractivity contribution in [3.05, 3.63) is 222 Å². The number of hydrogen-bond donors (Lipinski definition) is 0. The van der Waals surface area contributed by atoms with Gasteiger partial charge in [0, 0.05) is 33.4 Å². The summed E-state index contributed by atoms with van der Waals surface area (Å²) in [5.41, 5.74) is 13.4. The first-order valence-corrected chi connectivity index (χ1v) is 19.3. The van der Waals surface area contributed by atoms with Gasteiger partial charge in [0.25, 0.3) is 0 Å². The first kappa shape index (κ1) is 33.4. The molecule has 0 fully saturated rings. The van der Waals surface area contributed by atoms with Crippen molar-refractivity contribution in [2.45, 2.75) is 5.41 Å². The molecule has 0 N–H and O–H groups in total. The van der Waals surface area contributed by atoms with Crippen LogP contribution >= 0.6 is 0 Å². The molecule has 0 saturated carbocycles. The number of nitrogens with zero attached hydrogens (tertiary/aromatic N) is 4. The fraction of sp³-hybridized carbons (Fsp3) is 0.0189. The van der Waals surface area contributed by atoms with Crippen molar-refractivity contribution in [2.24, 2.45) is 0 Å². The molecule has 1 aliphatic carbocycles. The molecule has 2 aliphatic rings. The molecule has 270 valence electrons. The topological polar surface area (TPSA) is 71.7 Å². The molecule has 1 aliphatic heterocycles. The van der Waals surface area contributed by atoms with E-state index in [1.54, 1.807) is 0 Å². The Morgan fingerprint density at radius 2 is 0.776 bits per heavy atom. The van der Waals surface area contributed by atoms with Gasteiger partial charge in [0.15, 0.2) is 17.5 Å². The maximum atomic E-state index is 10.4. The van der Waals surface area contributed by atoms with Crippen LogP contribution in [0.5, 0.6) is 11.5 Å². The second-order valence-corrected chi connectivity index (χ2v) is 14.6. The smallest absolute Gasteiger partial charge is 0.164 e. The standard InChI is InChI=1S/C53H32N4O/c54-33-40-23-13-29-46-48(40)58-49-41(26-14-30-47(49)53(46)44-27-9-7-24-42(44)43-25-8-10-28-45(43)53)38-21-11-19-36(31-38)37-20-12-22-39(32-37)52-56-50(34-15-3-1-4-16-34)55-51(57-52)35-17-5-2-6-18-35/h1-32H. The summed E-state index contributed by atoms with van der Waals surface area (Å²) in [6, 6.07) is 69.1. The normalized spacial score (nSPS) is 12.7. The molecular weight excluding hydrogens is 709 g/mol. The zero-order valence-corrected chi connectivity index (χ0v) is 31.2. The molecule has 9 aromatic rings. The Balaban J connectivity index is 1.06. The van der Waals surface area contributed by atoms with Crippen molar-refractivity contribution in [2.75, 3.05) is 0 Å². The zero-order chi connectivity index (χ0) is 38.6. The number of para-hydroxylation sites is 2. The molecule has 1 aromatic heterocycles. The average Bonchev–Trinajstić information content (AvgIpc) is 3.60. The van der Waals surface area contributed by atoms with Crippen LogP contribution in [-0.2, 0) is 5.41 Å². The third-order valence-corrected chi connectivity index (χ3v) is 11.4. The van der Waals surface area contributed by atoms with Crippen molar-refractivity contribution in [1.29, 1.82) is 5.26 Å². The molecule has 2 heterocycles. The molecule has 58 heavy (non-hydrogen) atoms. The van der Waals surface area contributed by atoms with Gasteiger partial charge < -0.3 is 4.74 Å².